The van der Waals surface area contributed by atoms with Gasteiger partial charge in [0.05, 0.1) is 6.04 Å². The Morgan fingerprint density at radius 2 is 2.11 bits per heavy atom. The van der Waals surface area contributed by atoms with E-state index in [1.54, 1.807) is 0 Å². The van der Waals surface area contributed by atoms with Gasteiger partial charge in [-0.2, -0.15) is 0 Å². The summed E-state index contributed by atoms with van der Waals surface area (Å²) in [5.41, 5.74) is 0.749. The molecule has 1 amide bonds. The number of ether oxygens (including phenoxy) is 1. The number of rotatable bonds is 3. The lowest BCUT2D eigenvalue weighted by Gasteiger charge is -2.24. The third-order valence-electron chi connectivity index (χ3n) is 3.28. The maximum absolute atomic E-state index is 11.6. The first kappa shape index (κ1) is 12.9. The van der Waals surface area contributed by atoms with Gasteiger partial charge in [0.15, 0.2) is 0 Å². The number of anilines is 1. The van der Waals surface area contributed by atoms with E-state index in [-0.39, 0.29) is 6.04 Å². The second-order valence-electron chi connectivity index (χ2n) is 4.49. The molecular formula is C13H19N3O2. The number of hydrazine groups is 1. The zero-order chi connectivity index (χ0) is 13.0. The second kappa shape index (κ2) is 5.84. The Kier molecular flexibility index (Phi) is 4.17. The standard InChI is InChI=1S/C13H19N3O2/c1-15-9-8-12(16(15)2)10-18-13(17)14-11-6-4-3-5-7-11/h3-7,12H,8-10H2,1-2H3,(H,14,17). The molecule has 0 spiro atoms. The number of nitrogens with zero attached hydrogens (tertiary/aromatic N) is 2. The van der Waals surface area contributed by atoms with E-state index < -0.39 is 6.09 Å². The third kappa shape index (κ3) is 3.21. The fourth-order valence-electron chi connectivity index (χ4n) is 2.00. The molecule has 1 saturated heterocycles. The zero-order valence-electron chi connectivity index (χ0n) is 10.8. The largest absolute Gasteiger partial charge is 0.448 e. The molecule has 0 aliphatic carbocycles. The van der Waals surface area contributed by atoms with Crippen LogP contribution >= 0.6 is 0 Å². The second-order valence-corrected chi connectivity index (χ2v) is 4.49. The van der Waals surface area contributed by atoms with Crippen LogP contribution in [0.25, 0.3) is 0 Å². The van der Waals surface area contributed by atoms with Gasteiger partial charge in [-0.25, -0.2) is 14.8 Å². The molecular weight excluding hydrogens is 230 g/mol. The number of amides is 1. The van der Waals surface area contributed by atoms with Crippen LogP contribution in [0.2, 0.25) is 0 Å². The van der Waals surface area contributed by atoms with Gasteiger partial charge >= 0.3 is 6.09 Å². The molecule has 1 aromatic rings. The minimum absolute atomic E-state index is 0.275. The molecule has 98 valence electrons. The molecule has 1 aliphatic rings. The molecule has 1 unspecified atom stereocenters. The summed E-state index contributed by atoms with van der Waals surface area (Å²) in [4.78, 5) is 11.6. The molecule has 0 radical (unpaired) electrons. The molecule has 18 heavy (non-hydrogen) atoms. The van der Waals surface area contributed by atoms with E-state index in [0.29, 0.717) is 6.61 Å². The molecule has 0 bridgehead atoms. The van der Waals surface area contributed by atoms with Crippen molar-refractivity contribution >= 4 is 11.8 Å². The van der Waals surface area contributed by atoms with Crippen LogP contribution in [0.3, 0.4) is 0 Å². The average molecular weight is 249 g/mol. The molecule has 0 saturated carbocycles. The van der Waals surface area contributed by atoms with Crippen molar-refractivity contribution in [2.75, 3.05) is 32.6 Å². The minimum Gasteiger partial charge on any atom is -0.448 e. The Hall–Kier alpha value is -1.59. The molecule has 2 rings (SSSR count). The monoisotopic (exact) mass is 249 g/mol. The van der Waals surface area contributed by atoms with E-state index in [1.807, 2.05) is 44.4 Å². The van der Waals surface area contributed by atoms with Gasteiger partial charge in [0, 0.05) is 26.3 Å². The van der Waals surface area contributed by atoms with Gasteiger partial charge in [-0.15, -0.1) is 0 Å². The average Bonchev–Trinajstić information content (AvgIpc) is 2.69. The van der Waals surface area contributed by atoms with E-state index in [1.165, 1.54) is 0 Å². The molecule has 1 aromatic carbocycles. The van der Waals surface area contributed by atoms with Crippen LogP contribution < -0.4 is 5.32 Å². The maximum Gasteiger partial charge on any atom is 0.411 e. The summed E-state index contributed by atoms with van der Waals surface area (Å²) >= 11 is 0. The smallest absolute Gasteiger partial charge is 0.411 e. The van der Waals surface area contributed by atoms with Crippen molar-refractivity contribution in [1.82, 2.24) is 10.0 Å². The van der Waals surface area contributed by atoms with Crippen molar-refractivity contribution in [3.63, 3.8) is 0 Å². The summed E-state index contributed by atoms with van der Waals surface area (Å²) in [6, 6.07) is 9.58. The van der Waals surface area contributed by atoms with E-state index in [2.05, 4.69) is 15.3 Å². The van der Waals surface area contributed by atoms with E-state index in [4.69, 9.17) is 4.74 Å². The first-order valence-electron chi connectivity index (χ1n) is 6.09. The molecule has 5 heteroatoms. The SMILES string of the molecule is CN1CCC(COC(=O)Nc2ccccc2)N1C. The fourth-order valence-corrected chi connectivity index (χ4v) is 2.00. The molecule has 1 fully saturated rings. The van der Waals surface area contributed by atoms with Crippen LogP contribution in [0.5, 0.6) is 0 Å². The van der Waals surface area contributed by atoms with Crippen LogP contribution in [-0.2, 0) is 4.74 Å². The van der Waals surface area contributed by atoms with Crippen molar-refractivity contribution in [3.05, 3.63) is 30.3 Å². The summed E-state index contributed by atoms with van der Waals surface area (Å²) < 4.78 is 5.23. The van der Waals surface area contributed by atoms with Gasteiger partial charge < -0.3 is 4.74 Å². The Balaban J connectivity index is 1.76. The highest BCUT2D eigenvalue weighted by Gasteiger charge is 2.26. The number of carbonyl (C=O) groups excluding carboxylic acids is 1. The summed E-state index contributed by atoms with van der Waals surface area (Å²) in [7, 11) is 4.04. The number of hydrogen-bond donors (Lipinski definition) is 1. The lowest BCUT2D eigenvalue weighted by atomic mass is 10.2. The Labute approximate surface area is 107 Å². The van der Waals surface area contributed by atoms with Gasteiger partial charge in [-0.1, -0.05) is 18.2 Å². The molecule has 1 atom stereocenters. The van der Waals surface area contributed by atoms with Crippen molar-refractivity contribution in [1.29, 1.82) is 0 Å². The van der Waals surface area contributed by atoms with Crippen molar-refractivity contribution in [2.45, 2.75) is 12.5 Å². The number of carbonyl (C=O) groups is 1. The lowest BCUT2D eigenvalue weighted by molar-refractivity contribution is 0.0266. The first-order chi connectivity index (χ1) is 8.66. The number of hydrogen-bond acceptors (Lipinski definition) is 4. The van der Waals surface area contributed by atoms with Crippen molar-refractivity contribution in [2.24, 2.45) is 0 Å². The molecule has 0 aromatic heterocycles. The zero-order valence-corrected chi connectivity index (χ0v) is 10.8. The summed E-state index contributed by atoms with van der Waals surface area (Å²) in [6.07, 6.45) is 0.621. The van der Waals surface area contributed by atoms with Gasteiger partial charge in [0.25, 0.3) is 0 Å². The molecule has 1 heterocycles. The maximum atomic E-state index is 11.6. The van der Waals surface area contributed by atoms with Crippen LogP contribution in [0.1, 0.15) is 6.42 Å². The number of benzene rings is 1. The molecule has 5 nitrogen and oxygen atoms in total. The van der Waals surface area contributed by atoms with E-state index in [9.17, 15) is 4.79 Å². The Bertz CT molecular complexity index is 396. The minimum atomic E-state index is -0.399. The topological polar surface area (TPSA) is 44.8 Å². The normalized spacial score (nSPS) is 20.9. The van der Waals surface area contributed by atoms with E-state index >= 15 is 0 Å². The predicted molar refractivity (Wildman–Crippen MR) is 70.2 cm³/mol. The summed E-state index contributed by atoms with van der Waals surface area (Å²) in [5, 5.41) is 6.93. The van der Waals surface area contributed by atoms with Crippen molar-refractivity contribution < 1.29 is 9.53 Å². The van der Waals surface area contributed by atoms with Crippen molar-refractivity contribution in [3.8, 4) is 0 Å². The van der Waals surface area contributed by atoms with Crippen LogP contribution in [0, 0.1) is 0 Å². The molecule has 1 N–H and O–H groups in total. The van der Waals surface area contributed by atoms with Gasteiger partial charge in [-0.05, 0) is 18.6 Å². The van der Waals surface area contributed by atoms with Gasteiger partial charge in [-0.3, -0.25) is 5.32 Å². The predicted octanol–water partition coefficient (Wildman–Crippen LogP) is 1.79. The highest BCUT2D eigenvalue weighted by molar-refractivity contribution is 5.84. The quantitative estimate of drug-likeness (QED) is 0.887. The van der Waals surface area contributed by atoms with Crippen LogP contribution in [0.4, 0.5) is 10.5 Å². The highest BCUT2D eigenvalue weighted by atomic mass is 16.5. The summed E-state index contributed by atoms with van der Waals surface area (Å²) in [6.45, 7) is 1.42. The number of nitrogens with one attached hydrogen (secondary N) is 1. The summed E-state index contributed by atoms with van der Waals surface area (Å²) in [5.74, 6) is 0. The number of para-hydroxylation sites is 1. The fraction of sp³-hybridized carbons (Fsp3) is 0.462. The Morgan fingerprint density at radius 3 is 2.72 bits per heavy atom. The van der Waals surface area contributed by atoms with Gasteiger partial charge in [0.2, 0.25) is 0 Å². The molecule has 1 aliphatic heterocycles. The van der Waals surface area contributed by atoms with Gasteiger partial charge in [0.1, 0.15) is 6.61 Å². The third-order valence-corrected chi connectivity index (χ3v) is 3.28. The van der Waals surface area contributed by atoms with Crippen LogP contribution in [-0.4, -0.2) is 49.4 Å². The Morgan fingerprint density at radius 1 is 1.39 bits per heavy atom. The number of likely N-dealkylation sites (N-methyl/N-ethyl adjacent to an activating group) is 1. The first-order valence-corrected chi connectivity index (χ1v) is 6.09. The van der Waals surface area contributed by atoms with E-state index in [0.717, 1.165) is 18.7 Å². The lowest BCUT2D eigenvalue weighted by Crippen LogP contribution is -2.38. The van der Waals surface area contributed by atoms with Crippen LogP contribution in [0.15, 0.2) is 30.3 Å². The highest BCUT2D eigenvalue weighted by Crippen LogP contribution is 2.14.